The van der Waals surface area contributed by atoms with Crippen LogP contribution in [0.2, 0.25) is 0 Å². The van der Waals surface area contributed by atoms with Crippen molar-refractivity contribution < 1.29 is 9.63 Å². The van der Waals surface area contributed by atoms with Crippen molar-refractivity contribution in [1.29, 1.82) is 0 Å². The number of benzene rings is 2. The zero-order valence-corrected chi connectivity index (χ0v) is 14.3. The molecule has 1 unspecified atom stereocenters. The van der Waals surface area contributed by atoms with E-state index in [0.29, 0.717) is 12.4 Å². The van der Waals surface area contributed by atoms with E-state index < -0.39 is 6.10 Å². The Labute approximate surface area is 150 Å². The lowest BCUT2D eigenvalue weighted by Crippen LogP contribution is -2.13. The first-order chi connectivity index (χ1) is 12.7. The fourth-order valence-corrected chi connectivity index (χ4v) is 2.83. The fourth-order valence-electron chi connectivity index (χ4n) is 2.83. The van der Waals surface area contributed by atoms with Crippen LogP contribution in [0.15, 0.2) is 65.4 Å². The van der Waals surface area contributed by atoms with Crippen LogP contribution in [0.3, 0.4) is 0 Å². The minimum absolute atomic E-state index is 0.362. The zero-order chi connectivity index (χ0) is 17.9. The first-order valence-corrected chi connectivity index (χ1v) is 8.36. The molecular weight excluding hydrogens is 328 g/mol. The molecule has 0 radical (unpaired) electrons. The third kappa shape index (κ3) is 3.27. The molecule has 6 nitrogen and oxygen atoms in total. The normalized spacial score (nSPS) is 12.2. The van der Waals surface area contributed by atoms with Crippen molar-refractivity contribution in [3.8, 4) is 11.3 Å². The van der Waals surface area contributed by atoms with E-state index in [1.165, 1.54) is 6.33 Å². The minimum atomic E-state index is -0.608. The van der Waals surface area contributed by atoms with E-state index in [2.05, 4.69) is 20.4 Å². The maximum absolute atomic E-state index is 10.3. The predicted molar refractivity (Wildman–Crippen MR) is 99.7 cm³/mol. The van der Waals surface area contributed by atoms with Crippen LogP contribution >= 0.6 is 0 Å². The van der Waals surface area contributed by atoms with E-state index in [-0.39, 0.29) is 0 Å². The zero-order valence-electron chi connectivity index (χ0n) is 14.3. The van der Waals surface area contributed by atoms with Crippen molar-refractivity contribution in [3.05, 3.63) is 72.2 Å². The number of aliphatic hydroxyl groups is 1. The molecule has 0 saturated heterocycles. The molecule has 2 heterocycles. The van der Waals surface area contributed by atoms with E-state index in [9.17, 15) is 5.11 Å². The first kappa shape index (κ1) is 16.2. The number of anilines is 1. The van der Waals surface area contributed by atoms with Gasteiger partial charge in [-0.15, -0.1) is 0 Å². The van der Waals surface area contributed by atoms with Gasteiger partial charge in [0.15, 0.2) is 5.58 Å². The summed E-state index contributed by atoms with van der Waals surface area (Å²) in [6.45, 7) is 2.27. The summed E-state index contributed by atoms with van der Waals surface area (Å²) >= 11 is 0. The number of rotatable bonds is 5. The number of fused-ring (bicyclic) bond motifs is 1. The molecule has 0 aliphatic heterocycles. The molecular formula is C20H18N4O2. The van der Waals surface area contributed by atoms with Crippen LogP contribution in [-0.4, -0.2) is 26.8 Å². The highest BCUT2D eigenvalue weighted by molar-refractivity contribution is 5.84. The van der Waals surface area contributed by atoms with Gasteiger partial charge < -0.3 is 14.9 Å². The molecule has 0 aliphatic carbocycles. The highest BCUT2D eigenvalue weighted by atomic mass is 16.5. The SMILES string of the molecule is Cc1noc2cc(-c3cc(NCC(O)c4ccccc4)ncn3)ccc12. The molecule has 1 atom stereocenters. The molecule has 0 saturated carbocycles. The molecule has 0 fully saturated rings. The van der Waals surface area contributed by atoms with Crippen molar-refractivity contribution in [2.24, 2.45) is 0 Å². The molecule has 0 bridgehead atoms. The number of nitrogens with zero attached hydrogens (tertiary/aromatic N) is 3. The number of nitrogens with one attached hydrogen (secondary N) is 1. The standard InChI is InChI=1S/C20H18N4O2/c1-13-16-8-7-15(9-19(16)26-24-13)17-10-20(23-12-22-17)21-11-18(25)14-5-3-2-4-6-14/h2-10,12,18,25H,11H2,1H3,(H,21,22,23). The molecule has 130 valence electrons. The molecule has 0 amide bonds. The molecule has 2 aromatic carbocycles. The lowest BCUT2D eigenvalue weighted by atomic mass is 10.1. The number of aromatic nitrogens is 3. The van der Waals surface area contributed by atoms with E-state index in [1.807, 2.05) is 61.5 Å². The Morgan fingerprint density at radius 3 is 2.77 bits per heavy atom. The van der Waals surface area contributed by atoms with Gasteiger partial charge in [-0.2, -0.15) is 0 Å². The minimum Gasteiger partial charge on any atom is -0.387 e. The van der Waals surface area contributed by atoms with Gasteiger partial charge in [0.1, 0.15) is 12.1 Å². The lowest BCUT2D eigenvalue weighted by Gasteiger charge is -2.13. The predicted octanol–water partition coefficient (Wildman–Crippen LogP) is 3.74. The summed E-state index contributed by atoms with van der Waals surface area (Å²) in [5.41, 5.74) is 4.15. The van der Waals surface area contributed by atoms with Gasteiger partial charge in [-0.3, -0.25) is 0 Å². The maximum atomic E-state index is 10.3. The second-order valence-electron chi connectivity index (χ2n) is 6.07. The van der Waals surface area contributed by atoms with Crippen molar-refractivity contribution in [3.63, 3.8) is 0 Å². The summed E-state index contributed by atoms with van der Waals surface area (Å²) in [6.07, 6.45) is 0.894. The second-order valence-corrected chi connectivity index (χ2v) is 6.07. The average molecular weight is 346 g/mol. The van der Waals surface area contributed by atoms with Crippen LogP contribution in [0.5, 0.6) is 0 Å². The Hall–Kier alpha value is -3.25. The van der Waals surface area contributed by atoms with Gasteiger partial charge in [0.2, 0.25) is 0 Å². The topological polar surface area (TPSA) is 84.1 Å². The summed E-state index contributed by atoms with van der Waals surface area (Å²) in [5.74, 6) is 0.652. The third-order valence-corrected chi connectivity index (χ3v) is 4.28. The van der Waals surface area contributed by atoms with Crippen molar-refractivity contribution in [2.75, 3.05) is 11.9 Å². The molecule has 0 aliphatic rings. The van der Waals surface area contributed by atoms with Gasteiger partial charge in [-0.1, -0.05) is 41.6 Å². The average Bonchev–Trinajstić information content (AvgIpc) is 3.07. The lowest BCUT2D eigenvalue weighted by molar-refractivity contribution is 0.191. The molecule has 26 heavy (non-hydrogen) atoms. The Morgan fingerprint density at radius 1 is 1.08 bits per heavy atom. The van der Waals surface area contributed by atoms with E-state index in [0.717, 1.165) is 33.5 Å². The highest BCUT2D eigenvalue weighted by Crippen LogP contribution is 2.25. The van der Waals surface area contributed by atoms with Gasteiger partial charge in [0.25, 0.3) is 0 Å². The summed E-state index contributed by atoms with van der Waals surface area (Å²) in [7, 11) is 0. The highest BCUT2D eigenvalue weighted by Gasteiger charge is 2.10. The van der Waals surface area contributed by atoms with Crippen molar-refractivity contribution >= 4 is 16.8 Å². The summed E-state index contributed by atoms with van der Waals surface area (Å²) < 4.78 is 5.33. The van der Waals surface area contributed by atoms with Gasteiger partial charge in [-0.25, -0.2) is 9.97 Å². The Balaban J connectivity index is 1.52. The van der Waals surface area contributed by atoms with Crippen LogP contribution in [0.4, 0.5) is 5.82 Å². The van der Waals surface area contributed by atoms with Gasteiger partial charge in [0, 0.05) is 23.6 Å². The van der Waals surface area contributed by atoms with Crippen LogP contribution in [0, 0.1) is 6.92 Å². The molecule has 2 aromatic heterocycles. The Bertz CT molecular complexity index is 1030. The Kier molecular flexibility index (Phi) is 4.33. The smallest absolute Gasteiger partial charge is 0.167 e. The Morgan fingerprint density at radius 2 is 1.92 bits per heavy atom. The molecule has 6 heteroatoms. The number of aryl methyl sites for hydroxylation is 1. The number of aliphatic hydroxyl groups excluding tert-OH is 1. The van der Waals surface area contributed by atoms with Crippen LogP contribution in [0.25, 0.3) is 22.2 Å². The van der Waals surface area contributed by atoms with E-state index in [4.69, 9.17) is 4.52 Å². The quantitative estimate of drug-likeness (QED) is 0.573. The van der Waals surface area contributed by atoms with E-state index in [1.54, 1.807) is 0 Å². The monoisotopic (exact) mass is 346 g/mol. The molecule has 0 spiro atoms. The molecule has 2 N–H and O–H groups in total. The van der Waals surface area contributed by atoms with Crippen LogP contribution < -0.4 is 5.32 Å². The van der Waals surface area contributed by atoms with Crippen molar-refractivity contribution in [1.82, 2.24) is 15.1 Å². The summed E-state index contributed by atoms with van der Waals surface area (Å²) in [4.78, 5) is 8.56. The number of hydrogen-bond donors (Lipinski definition) is 2. The largest absolute Gasteiger partial charge is 0.387 e. The van der Waals surface area contributed by atoms with Crippen LogP contribution in [0.1, 0.15) is 17.4 Å². The van der Waals surface area contributed by atoms with E-state index >= 15 is 0 Å². The fraction of sp³-hybridized carbons (Fsp3) is 0.150. The second kappa shape index (κ2) is 6.93. The maximum Gasteiger partial charge on any atom is 0.167 e. The first-order valence-electron chi connectivity index (χ1n) is 8.36. The van der Waals surface area contributed by atoms with Gasteiger partial charge in [0.05, 0.1) is 17.5 Å². The summed E-state index contributed by atoms with van der Waals surface area (Å²) in [6, 6.07) is 17.3. The van der Waals surface area contributed by atoms with Gasteiger partial charge >= 0.3 is 0 Å². The molecule has 4 rings (SSSR count). The van der Waals surface area contributed by atoms with Crippen molar-refractivity contribution in [2.45, 2.75) is 13.0 Å². The summed E-state index contributed by atoms with van der Waals surface area (Å²) in [5, 5.41) is 18.4. The van der Waals surface area contributed by atoms with Crippen LogP contribution in [-0.2, 0) is 0 Å². The number of hydrogen-bond acceptors (Lipinski definition) is 6. The van der Waals surface area contributed by atoms with Gasteiger partial charge in [-0.05, 0) is 24.6 Å². The third-order valence-electron chi connectivity index (χ3n) is 4.28. The molecule has 4 aromatic rings.